The van der Waals surface area contributed by atoms with Gasteiger partial charge >= 0.3 is 0 Å². The number of halogens is 1. The van der Waals surface area contributed by atoms with Crippen LogP contribution in [0.4, 0.5) is 0 Å². The smallest absolute Gasteiger partial charge is 0.228 e. The highest BCUT2D eigenvalue weighted by Gasteiger charge is 2.28. The molecule has 4 rings (SSSR count). The topological polar surface area (TPSA) is 65.8 Å². The van der Waals surface area contributed by atoms with Crippen molar-refractivity contribution in [3.63, 3.8) is 0 Å². The maximum absolute atomic E-state index is 13.2. The zero-order chi connectivity index (χ0) is 24.9. The van der Waals surface area contributed by atoms with Gasteiger partial charge in [0.25, 0.3) is 0 Å². The number of carbonyl (C=O) groups excluding carboxylic acids is 1. The quantitative estimate of drug-likeness (QED) is 0.374. The fourth-order valence-electron chi connectivity index (χ4n) is 4.21. The van der Waals surface area contributed by atoms with E-state index in [4.69, 9.17) is 30.9 Å². The number of aryl methyl sites for hydroxylation is 1. The summed E-state index contributed by atoms with van der Waals surface area (Å²) in [6, 6.07) is 14.9. The van der Waals surface area contributed by atoms with Gasteiger partial charge in [-0.15, -0.1) is 0 Å². The van der Waals surface area contributed by atoms with Crippen LogP contribution in [0.15, 0.2) is 48.5 Å². The van der Waals surface area contributed by atoms with Crippen molar-refractivity contribution in [2.45, 2.75) is 46.3 Å². The van der Waals surface area contributed by atoms with Crippen LogP contribution in [-0.4, -0.2) is 47.0 Å². The highest BCUT2D eigenvalue weighted by molar-refractivity contribution is 6.30. The molecule has 0 N–H and O–H groups in total. The Morgan fingerprint density at radius 3 is 2.54 bits per heavy atom. The molecule has 0 bridgehead atoms. The highest BCUT2D eigenvalue weighted by atomic mass is 35.5. The number of carbonyl (C=O) groups is 1. The van der Waals surface area contributed by atoms with Gasteiger partial charge in [0.2, 0.25) is 11.8 Å². The highest BCUT2D eigenvalue weighted by Crippen LogP contribution is 2.36. The molecule has 1 aliphatic heterocycles. The molecule has 2 aromatic carbocycles. The summed E-state index contributed by atoms with van der Waals surface area (Å²) < 4.78 is 19.6. The Morgan fingerprint density at radius 2 is 1.91 bits per heavy atom. The van der Waals surface area contributed by atoms with Crippen LogP contribution in [0.5, 0.6) is 17.4 Å². The number of benzene rings is 2. The molecule has 2 heterocycles. The zero-order valence-corrected chi connectivity index (χ0v) is 21.4. The molecule has 35 heavy (non-hydrogen) atoms. The Balaban J connectivity index is 1.76. The van der Waals surface area contributed by atoms with E-state index in [1.807, 2.05) is 74.2 Å². The van der Waals surface area contributed by atoms with Crippen molar-refractivity contribution in [1.29, 1.82) is 0 Å². The van der Waals surface area contributed by atoms with Gasteiger partial charge in [-0.1, -0.05) is 37.6 Å². The maximum Gasteiger partial charge on any atom is 0.228 e. The molecule has 7 nitrogen and oxygen atoms in total. The van der Waals surface area contributed by atoms with Crippen molar-refractivity contribution in [2.24, 2.45) is 5.92 Å². The van der Waals surface area contributed by atoms with E-state index in [-0.39, 0.29) is 17.9 Å². The van der Waals surface area contributed by atoms with Crippen LogP contribution < -0.4 is 9.47 Å². The molecular formula is C27H32ClN3O4. The Labute approximate surface area is 211 Å². The van der Waals surface area contributed by atoms with Crippen molar-refractivity contribution in [3.05, 3.63) is 64.8 Å². The monoisotopic (exact) mass is 497 g/mol. The fraction of sp³-hybridized carbons (Fsp3) is 0.407. The molecule has 0 saturated carbocycles. The van der Waals surface area contributed by atoms with Crippen LogP contribution in [0.1, 0.15) is 37.9 Å². The summed E-state index contributed by atoms with van der Waals surface area (Å²) in [6.45, 7) is 7.41. The second-order valence-corrected chi connectivity index (χ2v) is 9.46. The molecule has 0 unspecified atom stereocenters. The number of aromatic nitrogens is 2. The molecule has 1 aromatic heterocycles. The average molecular weight is 498 g/mol. The van der Waals surface area contributed by atoms with Gasteiger partial charge in [-0.25, -0.2) is 4.68 Å². The summed E-state index contributed by atoms with van der Waals surface area (Å²) in [5, 5.41) is 5.42. The number of rotatable bonds is 9. The van der Waals surface area contributed by atoms with Gasteiger partial charge in [0.05, 0.1) is 36.7 Å². The third-order valence-electron chi connectivity index (χ3n) is 6.09. The predicted octanol–water partition coefficient (Wildman–Crippen LogP) is 5.80. The van der Waals surface area contributed by atoms with Crippen LogP contribution >= 0.6 is 11.6 Å². The molecule has 1 aliphatic rings. The molecule has 1 fully saturated rings. The van der Waals surface area contributed by atoms with Crippen molar-refractivity contribution < 1.29 is 19.0 Å². The number of methoxy groups -OCH3 is 1. The van der Waals surface area contributed by atoms with Gasteiger partial charge in [0.1, 0.15) is 0 Å². The van der Waals surface area contributed by atoms with Crippen LogP contribution in [0.2, 0.25) is 5.02 Å². The summed E-state index contributed by atoms with van der Waals surface area (Å²) in [6.07, 6.45) is 2.02. The lowest BCUT2D eigenvalue weighted by Gasteiger charge is -2.27. The summed E-state index contributed by atoms with van der Waals surface area (Å²) in [4.78, 5) is 15.1. The van der Waals surface area contributed by atoms with Crippen LogP contribution in [0, 0.1) is 12.8 Å². The minimum Gasteiger partial charge on any atom is -0.493 e. The first-order chi connectivity index (χ1) is 16.9. The predicted molar refractivity (Wildman–Crippen MR) is 136 cm³/mol. The molecule has 0 spiro atoms. The first kappa shape index (κ1) is 25.1. The van der Waals surface area contributed by atoms with E-state index < -0.39 is 0 Å². The largest absolute Gasteiger partial charge is 0.493 e. The summed E-state index contributed by atoms with van der Waals surface area (Å²) in [7, 11) is 1.61. The number of hydrogen-bond donors (Lipinski definition) is 0. The van der Waals surface area contributed by atoms with E-state index in [0.29, 0.717) is 35.5 Å². The Bertz CT molecular complexity index is 1150. The Kier molecular flexibility index (Phi) is 7.98. The first-order valence-corrected chi connectivity index (χ1v) is 12.3. The second-order valence-electron chi connectivity index (χ2n) is 9.02. The lowest BCUT2D eigenvalue weighted by Crippen LogP contribution is -2.39. The van der Waals surface area contributed by atoms with Crippen molar-refractivity contribution in [2.75, 3.05) is 20.3 Å². The van der Waals surface area contributed by atoms with Crippen molar-refractivity contribution in [1.82, 2.24) is 14.7 Å². The lowest BCUT2D eigenvalue weighted by molar-refractivity contribution is -0.136. The molecule has 3 aromatic rings. The maximum atomic E-state index is 13.2. The van der Waals surface area contributed by atoms with E-state index in [1.165, 1.54) is 0 Å². The minimum absolute atomic E-state index is 0.0444. The van der Waals surface area contributed by atoms with Crippen LogP contribution in [0.25, 0.3) is 5.69 Å². The van der Waals surface area contributed by atoms with E-state index in [0.717, 1.165) is 36.4 Å². The molecule has 1 saturated heterocycles. The lowest BCUT2D eigenvalue weighted by atomic mass is 10.1. The molecule has 0 radical (unpaired) electrons. The van der Waals surface area contributed by atoms with E-state index >= 15 is 0 Å². The van der Waals surface area contributed by atoms with Gasteiger partial charge in [-0.05, 0) is 56.2 Å². The number of nitrogens with zero attached hydrogens (tertiary/aromatic N) is 3. The zero-order valence-electron chi connectivity index (χ0n) is 20.7. The molecule has 8 heteroatoms. The molecule has 186 valence electrons. The summed E-state index contributed by atoms with van der Waals surface area (Å²) >= 11 is 6.13. The number of ether oxygens (including phenoxy) is 3. The van der Waals surface area contributed by atoms with E-state index in [2.05, 4.69) is 0 Å². The minimum atomic E-state index is -0.137. The van der Waals surface area contributed by atoms with Crippen molar-refractivity contribution >= 4 is 17.5 Å². The molecular weight excluding hydrogens is 466 g/mol. The average Bonchev–Trinajstić information content (AvgIpc) is 3.47. The SMILES string of the molecule is COc1ccccc1Oc1c(CN(C[C@@H]2CCCO2)C(=O)C(C)C)c(C)nn1-c1ccc(Cl)cc1. The molecule has 0 aliphatic carbocycles. The molecule has 1 atom stereocenters. The number of para-hydroxylation sites is 2. The van der Waals surface area contributed by atoms with Gasteiger partial charge in [-0.3, -0.25) is 4.79 Å². The third kappa shape index (κ3) is 5.80. The van der Waals surface area contributed by atoms with E-state index in [1.54, 1.807) is 11.8 Å². The third-order valence-corrected chi connectivity index (χ3v) is 6.34. The Morgan fingerprint density at radius 1 is 1.20 bits per heavy atom. The first-order valence-electron chi connectivity index (χ1n) is 11.9. The van der Waals surface area contributed by atoms with Crippen LogP contribution in [0.3, 0.4) is 0 Å². The summed E-state index contributed by atoms with van der Waals surface area (Å²) in [5.41, 5.74) is 2.41. The van der Waals surface area contributed by atoms with E-state index in [9.17, 15) is 4.79 Å². The van der Waals surface area contributed by atoms with Gasteiger partial charge in [0.15, 0.2) is 11.5 Å². The van der Waals surface area contributed by atoms with Crippen molar-refractivity contribution in [3.8, 4) is 23.1 Å². The number of amides is 1. The standard InChI is InChI=1S/C27H32ClN3O4/c1-18(2)26(32)30(16-22-8-7-15-34-22)17-23-19(3)29-31(21-13-11-20(28)12-14-21)27(23)35-25-10-6-5-9-24(25)33-4/h5-6,9-14,18,22H,7-8,15-17H2,1-4H3/t22-/m0/s1. The van der Waals surface area contributed by atoms with Crippen LogP contribution in [-0.2, 0) is 16.1 Å². The van der Waals surface area contributed by atoms with Gasteiger partial charge in [0, 0.05) is 24.1 Å². The fourth-order valence-corrected chi connectivity index (χ4v) is 4.34. The summed E-state index contributed by atoms with van der Waals surface area (Å²) in [5.74, 6) is 1.63. The van der Waals surface area contributed by atoms with Gasteiger partial charge < -0.3 is 19.1 Å². The Hall–Kier alpha value is -3.03. The number of hydrogen-bond acceptors (Lipinski definition) is 5. The second kappa shape index (κ2) is 11.1. The normalized spacial score (nSPS) is 15.4. The molecule has 1 amide bonds. The van der Waals surface area contributed by atoms with Gasteiger partial charge in [-0.2, -0.15) is 5.10 Å².